The molecule has 2 rings (SSSR count). The summed E-state index contributed by atoms with van der Waals surface area (Å²) in [6.45, 7) is 23.6. The minimum Gasteiger partial charge on any atom is -0.465 e. The van der Waals surface area contributed by atoms with Crippen LogP contribution in [0.25, 0.3) is 10.9 Å². The molecule has 0 unspecified atom stereocenters. The Bertz CT molecular complexity index is 1200. The van der Waals surface area contributed by atoms with Gasteiger partial charge in [0.15, 0.2) is 0 Å². The van der Waals surface area contributed by atoms with E-state index in [0.29, 0.717) is 50.0 Å². The van der Waals surface area contributed by atoms with Crippen molar-refractivity contribution in [3.63, 3.8) is 0 Å². The van der Waals surface area contributed by atoms with Gasteiger partial charge < -0.3 is 19.4 Å². The van der Waals surface area contributed by atoms with E-state index >= 15 is 0 Å². The summed E-state index contributed by atoms with van der Waals surface area (Å²) >= 11 is 0. The first kappa shape index (κ1) is 42.7. The Morgan fingerprint density at radius 1 is 0.787 bits per heavy atom. The summed E-state index contributed by atoms with van der Waals surface area (Å²) in [5.74, 6) is 3.39. The number of nitrogens with zero attached hydrogens (tertiary/aromatic N) is 1. The molecule has 0 aliphatic rings. The lowest BCUT2D eigenvalue weighted by Gasteiger charge is -2.31. The average molecular weight is 745 g/mol. The second-order valence-corrected chi connectivity index (χ2v) is 23.0. The molecule has 0 amide bonds. The fourth-order valence-corrected chi connectivity index (χ4v) is 12.9. The van der Waals surface area contributed by atoms with E-state index in [9.17, 15) is 9.59 Å². The first-order valence-electron chi connectivity index (χ1n) is 16.8. The molecule has 0 bridgehead atoms. The molecule has 1 N–H and O–H groups in total. The van der Waals surface area contributed by atoms with Gasteiger partial charge in [-0.05, 0) is 60.2 Å². The molecule has 1 heterocycles. The van der Waals surface area contributed by atoms with Crippen molar-refractivity contribution in [3.8, 4) is 0 Å². The van der Waals surface area contributed by atoms with E-state index in [1.165, 1.54) is 23.5 Å². The predicted molar refractivity (Wildman–Crippen MR) is 215 cm³/mol. The van der Waals surface area contributed by atoms with E-state index in [1.807, 2.05) is 27.7 Å². The maximum absolute atomic E-state index is 12.6. The van der Waals surface area contributed by atoms with Gasteiger partial charge in [0, 0.05) is 59.7 Å². The molecular formula is C36H61N2O4PS4. The Balaban J connectivity index is 1.74. The van der Waals surface area contributed by atoms with Crippen molar-refractivity contribution >= 4 is 73.9 Å². The number of carbonyl (C=O) groups is 2. The molecule has 0 aliphatic carbocycles. The maximum atomic E-state index is 12.6. The lowest BCUT2D eigenvalue weighted by atomic mass is 9.77. The number of aromatic amines is 1. The number of rotatable bonds is 24. The van der Waals surface area contributed by atoms with Crippen molar-refractivity contribution in [2.75, 3.05) is 75.4 Å². The van der Waals surface area contributed by atoms with Gasteiger partial charge in [0.1, 0.15) is 13.2 Å². The maximum Gasteiger partial charge on any atom is 0.307 e. The summed E-state index contributed by atoms with van der Waals surface area (Å²) < 4.78 is 11.1. The third-order valence-electron chi connectivity index (χ3n) is 7.32. The molecule has 0 fully saturated rings. The van der Waals surface area contributed by atoms with Crippen LogP contribution >= 0.6 is 51.1 Å². The van der Waals surface area contributed by atoms with Gasteiger partial charge in [-0.15, -0.1) is 7.92 Å². The smallest absolute Gasteiger partial charge is 0.307 e. The number of fused-ring (bicyclic) bond motifs is 1. The normalized spacial score (nSPS) is 12.7. The largest absolute Gasteiger partial charge is 0.465 e. The molecule has 0 aliphatic heterocycles. The van der Waals surface area contributed by atoms with E-state index in [1.54, 1.807) is 21.6 Å². The zero-order valence-corrected chi connectivity index (χ0v) is 34.6. The Morgan fingerprint density at radius 2 is 1.34 bits per heavy atom. The zero-order valence-electron chi connectivity index (χ0n) is 30.4. The fraction of sp³-hybridized carbons (Fsp3) is 0.722. The van der Waals surface area contributed by atoms with Gasteiger partial charge in [-0.3, -0.25) is 9.59 Å². The lowest BCUT2D eigenvalue weighted by Crippen LogP contribution is -2.31. The van der Waals surface area contributed by atoms with Crippen LogP contribution in [0.3, 0.4) is 0 Å². The number of nitrogens with one attached hydrogen (secondary N) is 1. The first-order valence-corrected chi connectivity index (χ1v) is 24.2. The highest BCUT2D eigenvalue weighted by Crippen LogP contribution is 2.39. The SMILES string of the molecule is CP(C)CC(C)(C)CSSCCOC(=O)CCN(CCC(=O)OCCSSCC(C)(C)CC(C)(C)C)CCc1c[nH]c2ccccc12. The minimum atomic E-state index is -0.185. The first-order chi connectivity index (χ1) is 22.1. The van der Waals surface area contributed by atoms with Crippen LogP contribution < -0.4 is 0 Å². The third kappa shape index (κ3) is 20.1. The van der Waals surface area contributed by atoms with Gasteiger partial charge in [0.25, 0.3) is 0 Å². The van der Waals surface area contributed by atoms with Gasteiger partial charge in [0.2, 0.25) is 0 Å². The quantitative estimate of drug-likeness (QED) is 0.0490. The number of aromatic nitrogens is 1. The van der Waals surface area contributed by atoms with Crippen LogP contribution in [0.4, 0.5) is 0 Å². The van der Waals surface area contributed by atoms with E-state index in [2.05, 4.69) is 96.1 Å². The number of esters is 2. The molecule has 1 aromatic carbocycles. The van der Waals surface area contributed by atoms with Crippen molar-refractivity contribution in [1.29, 1.82) is 0 Å². The predicted octanol–water partition coefficient (Wildman–Crippen LogP) is 9.87. The Labute approximate surface area is 303 Å². The zero-order chi connectivity index (χ0) is 34.9. The number of carbonyl (C=O) groups excluding carboxylic acids is 2. The van der Waals surface area contributed by atoms with Crippen LogP contribution in [0, 0.1) is 16.2 Å². The van der Waals surface area contributed by atoms with Gasteiger partial charge in [-0.25, -0.2) is 0 Å². The van der Waals surface area contributed by atoms with Gasteiger partial charge in [-0.2, -0.15) is 0 Å². The van der Waals surface area contributed by atoms with Crippen molar-refractivity contribution < 1.29 is 19.1 Å². The topological polar surface area (TPSA) is 71.6 Å². The number of hydrogen-bond acceptors (Lipinski definition) is 9. The molecule has 268 valence electrons. The molecule has 11 heteroatoms. The van der Waals surface area contributed by atoms with E-state index in [4.69, 9.17) is 9.47 Å². The highest BCUT2D eigenvalue weighted by atomic mass is 33.1. The van der Waals surface area contributed by atoms with Gasteiger partial charge in [-0.1, -0.05) is 110 Å². The number of ether oxygens (including phenoxy) is 2. The number of para-hydroxylation sites is 1. The monoisotopic (exact) mass is 744 g/mol. The van der Waals surface area contributed by atoms with Crippen LogP contribution in [0.15, 0.2) is 30.5 Å². The summed E-state index contributed by atoms with van der Waals surface area (Å²) in [5, 5.41) is 1.22. The summed E-state index contributed by atoms with van der Waals surface area (Å²) in [6, 6.07) is 8.29. The van der Waals surface area contributed by atoms with Crippen LogP contribution in [0.2, 0.25) is 0 Å². The summed E-state index contributed by atoms with van der Waals surface area (Å²) in [5.41, 5.74) is 3.29. The molecule has 6 nitrogen and oxygen atoms in total. The molecule has 0 atom stereocenters. The number of H-pyrrole nitrogens is 1. The van der Waals surface area contributed by atoms with Crippen LogP contribution in [0.1, 0.15) is 73.3 Å². The van der Waals surface area contributed by atoms with Crippen LogP contribution in [0.5, 0.6) is 0 Å². The molecule has 1 aromatic heterocycles. The molecule has 0 spiro atoms. The second-order valence-electron chi connectivity index (χ2n) is 15.4. The van der Waals surface area contributed by atoms with Crippen molar-refractivity contribution in [2.45, 2.75) is 74.1 Å². The lowest BCUT2D eigenvalue weighted by molar-refractivity contribution is -0.143. The summed E-state index contributed by atoms with van der Waals surface area (Å²) in [7, 11) is 7.41. The third-order valence-corrected chi connectivity index (χ3v) is 14.3. The summed E-state index contributed by atoms with van der Waals surface area (Å²) in [4.78, 5) is 30.8. The van der Waals surface area contributed by atoms with Gasteiger partial charge >= 0.3 is 11.9 Å². The van der Waals surface area contributed by atoms with Crippen molar-refractivity contribution in [1.82, 2.24) is 9.88 Å². The highest BCUT2D eigenvalue weighted by molar-refractivity contribution is 8.77. The number of hydrogen-bond donors (Lipinski definition) is 1. The van der Waals surface area contributed by atoms with Crippen molar-refractivity contribution in [2.24, 2.45) is 16.2 Å². The van der Waals surface area contributed by atoms with Crippen LogP contribution in [-0.2, 0) is 25.5 Å². The standard InChI is InChI=1S/C36H61N2O4PS4/c1-34(2,3)25-35(4,5)27-46-44-22-20-41-32(39)15-18-38(17-14-29-24-37-31-13-11-10-12-30(29)31)19-16-33(40)42-21-23-45-47-28-36(6,7)26-43(8)9/h10-13,24,37H,14-23,25-28H2,1-9H3. The molecule has 47 heavy (non-hydrogen) atoms. The Hall–Kier alpha value is -0.510. The average Bonchev–Trinajstić information content (AvgIpc) is 3.37. The number of benzene rings is 1. The fourth-order valence-electron chi connectivity index (χ4n) is 5.88. The van der Waals surface area contributed by atoms with E-state index in [0.717, 1.165) is 41.5 Å². The molecular weight excluding hydrogens is 684 g/mol. The molecule has 0 radical (unpaired) electrons. The van der Waals surface area contributed by atoms with Gasteiger partial charge in [0.05, 0.1) is 12.8 Å². The Kier molecular flexibility index (Phi) is 19.6. The second kappa shape index (κ2) is 21.6. The molecule has 0 saturated heterocycles. The highest BCUT2D eigenvalue weighted by Gasteiger charge is 2.25. The van der Waals surface area contributed by atoms with Crippen LogP contribution in [-0.4, -0.2) is 97.2 Å². The van der Waals surface area contributed by atoms with Crippen molar-refractivity contribution in [3.05, 3.63) is 36.0 Å². The summed E-state index contributed by atoms with van der Waals surface area (Å²) in [6.07, 6.45) is 5.95. The van der Waals surface area contributed by atoms with E-state index in [-0.39, 0.29) is 25.3 Å². The Morgan fingerprint density at radius 3 is 1.89 bits per heavy atom. The van der Waals surface area contributed by atoms with E-state index < -0.39 is 0 Å². The minimum absolute atomic E-state index is 0.1000. The molecule has 0 saturated carbocycles. The molecule has 2 aromatic rings.